The highest BCUT2D eigenvalue weighted by molar-refractivity contribution is 5.69. The lowest BCUT2D eigenvalue weighted by Crippen LogP contribution is -2.13. The maximum atomic E-state index is 11.7. The molecule has 0 aromatic rings. The molecule has 2 nitrogen and oxygen atoms in total. The molecule has 0 bridgehead atoms. The molecule has 0 aliphatic heterocycles. The number of unbranched alkanes of at least 4 members (excludes halogenated alkanes) is 29. The zero-order valence-corrected chi connectivity index (χ0v) is 29.1. The highest BCUT2D eigenvalue weighted by atomic mass is 16.4. The first-order valence-electron chi connectivity index (χ1n) is 19.6. The first kappa shape index (κ1) is 41.2. The summed E-state index contributed by atoms with van der Waals surface area (Å²) < 4.78 is 0. The molecule has 1 N–H and O–H groups in total. The smallest absolute Gasteiger partial charge is 0.306 e. The van der Waals surface area contributed by atoms with Crippen molar-refractivity contribution >= 4 is 5.97 Å². The summed E-state index contributed by atoms with van der Waals surface area (Å²) >= 11 is 0. The summed E-state index contributed by atoms with van der Waals surface area (Å²) in [6.07, 6.45) is 49.8. The van der Waals surface area contributed by atoms with Crippen molar-refractivity contribution in [3.8, 4) is 0 Å². The van der Waals surface area contributed by atoms with E-state index in [1.807, 2.05) is 0 Å². The molecule has 0 saturated carbocycles. The number of rotatable bonds is 36. The number of hydrogen-bond acceptors (Lipinski definition) is 1. The summed E-state index contributed by atoms with van der Waals surface area (Å²) in [6.45, 7) is 4.57. The van der Waals surface area contributed by atoms with Crippen LogP contribution in [0.25, 0.3) is 0 Å². The Kier molecular flexibility index (Phi) is 35.7. The van der Waals surface area contributed by atoms with E-state index < -0.39 is 5.97 Å². The summed E-state index contributed by atoms with van der Waals surface area (Å²) in [5.41, 5.74) is 0. The summed E-state index contributed by atoms with van der Waals surface area (Å²) in [5.74, 6) is -0.669. The van der Waals surface area contributed by atoms with E-state index in [2.05, 4.69) is 26.0 Å². The minimum absolute atomic E-state index is 0.108. The summed E-state index contributed by atoms with van der Waals surface area (Å²) in [4.78, 5) is 11.7. The van der Waals surface area contributed by atoms with Crippen molar-refractivity contribution in [2.75, 3.05) is 0 Å². The van der Waals surface area contributed by atoms with Gasteiger partial charge in [-0.25, -0.2) is 0 Å². The highest BCUT2D eigenvalue weighted by Crippen LogP contribution is 2.20. The van der Waals surface area contributed by atoms with Gasteiger partial charge in [0.1, 0.15) is 0 Å². The van der Waals surface area contributed by atoms with Crippen LogP contribution in [-0.4, -0.2) is 11.1 Å². The van der Waals surface area contributed by atoms with Crippen molar-refractivity contribution in [3.05, 3.63) is 12.2 Å². The van der Waals surface area contributed by atoms with Crippen molar-refractivity contribution in [2.45, 2.75) is 232 Å². The van der Waals surface area contributed by atoms with Gasteiger partial charge >= 0.3 is 5.97 Å². The number of allylic oxidation sites excluding steroid dienone is 2. The highest BCUT2D eigenvalue weighted by Gasteiger charge is 2.16. The molecule has 0 fully saturated rings. The zero-order valence-electron chi connectivity index (χ0n) is 29.1. The molecular formula is C40H78O2. The van der Waals surface area contributed by atoms with E-state index in [1.165, 1.54) is 193 Å². The maximum Gasteiger partial charge on any atom is 0.306 e. The molecular weight excluding hydrogens is 512 g/mol. The molecule has 0 rings (SSSR count). The fourth-order valence-corrected chi connectivity index (χ4v) is 6.32. The van der Waals surface area contributed by atoms with Crippen molar-refractivity contribution in [1.82, 2.24) is 0 Å². The second-order valence-corrected chi connectivity index (χ2v) is 13.6. The fourth-order valence-electron chi connectivity index (χ4n) is 6.32. The van der Waals surface area contributed by atoms with Crippen LogP contribution in [0.5, 0.6) is 0 Å². The second-order valence-electron chi connectivity index (χ2n) is 13.6. The molecule has 0 heterocycles. The van der Waals surface area contributed by atoms with E-state index in [-0.39, 0.29) is 5.92 Å². The summed E-state index contributed by atoms with van der Waals surface area (Å²) in [6, 6.07) is 0. The van der Waals surface area contributed by atoms with E-state index in [9.17, 15) is 9.90 Å². The molecule has 42 heavy (non-hydrogen) atoms. The lowest BCUT2D eigenvalue weighted by molar-refractivity contribution is -0.142. The van der Waals surface area contributed by atoms with Gasteiger partial charge < -0.3 is 5.11 Å². The van der Waals surface area contributed by atoms with Crippen LogP contribution in [0.3, 0.4) is 0 Å². The average Bonchev–Trinajstić information content (AvgIpc) is 2.99. The summed E-state index contributed by atoms with van der Waals surface area (Å²) in [5, 5.41) is 9.64. The monoisotopic (exact) mass is 591 g/mol. The molecule has 2 heteroatoms. The Morgan fingerprint density at radius 2 is 0.643 bits per heavy atom. The lowest BCUT2D eigenvalue weighted by Gasteiger charge is -2.12. The van der Waals surface area contributed by atoms with E-state index in [4.69, 9.17) is 0 Å². The Morgan fingerprint density at radius 1 is 0.405 bits per heavy atom. The number of hydrogen-bond donors (Lipinski definition) is 1. The van der Waals surface area contributed by atoms with Crippen molar-refractivity contribution in [2.24, 2.45) is 5.92 Å². The van der Waals surface area contributed by atoms with Crippen LogP contribution in [0.1, 0.15) is 232 Å². The van der Waals surface area contributed by atoms with Crippen LogP contribution in [0.15, 0.2) is 12.2 Å². The molecule has 0 amide bonds. The molecule has 0 saturated heterocycles. The van der Waals surface area contributed by atoms with Crippen LogP contribution in [0.4, 0.5) is 0 Å². The Morgan fingerprint density at radius 3 is 0.905 bits per heavy atom. The van der Waals surface area contributed by atoms with Gasteiger partial charge in [0.25, 0.3) is 0 Å². The van der Waals surface area contributed by atoms with Crippen LogP contribution in [0.2, 0.25) is 0 Å². The van der Waals surface area contributed by atoms with Gasteiger partial charge in [-0.3, -0.25) is 4.79 Å². The first-order valence-corrected chi connectivity index (χ1v) is 19.6. The van der Waals surface area contributed by atoms with E-state index in [1.54, 1.807) is 0 Å². The molecule has 0 radical (unpaired) electrons. The van der Waals surface area contributed by atoms with Crippen LogP contribution >= 0.6 is 0 Å². The largest absolute Gasteiger partial charge is 0.481 e. The molecule has 1 unspecified atom stereocenters. The van der Waals surface area contributed by atoms with Crippen molar-refractivity contribution in [3.63, 3.8) is 0 Å². The van der Waals surface area contributed by atoms with Gasteiger partial charge in [-0.2, -0.15) is 0 Å². The predicted molar refractivity (Wildman–Crippen MR) is 189 cm³/mol. The Labute approximate surface area is 265 Å². The zero-order chi connectivity index (χ0) is 30.6. The number of carboxylic acids is 1. The van der Waals surface area contributed by atoms with E-state index in [0.717, 1.165) is 25.7 Å². The molecule has 0 spiro atoms. The Hall–Kier alpha value is -0.790. The topological polar surface area (TPSA) is 37.3 Å². The quantitative estimate of drug-likeness (QED) is 0.0582. The standard InChI is InChI=1S/C40H78O2/c1-3-5-7-9-11-13-15-17-19-21-22-24-26-28-30-32-34-36-38-39(40(41)42)37-35-33-31-29-27-25-23-20-18-16-14-12-10-8-6-4-2/h18,20,39H,3-17,19,21-38H2,1-2H3,(H,41,42)/b20-18-. The average molecular weight is 591 g/mol. The third-order valence-electron chi connectivity index (χ3n) is 9.32. The molecule has 250 valence electrons. The third kappa shape index (κ3) is 33.7. The van der Waals surface area contributed by atoms with Crippen LogP contribution < -0.4 is 0 Å². The van der Waals surface area contributed by atoms with E-state index >= 15 is 0 Å². The normalized spacial score (nSPS) is 12.4. The fraction of sp³-hybridized carbons (Fsp3) is 0.925. The molecule has 1 atom stereocenters. The number of carboxylic acid groups (broad SMARTS) is 1. The van der Waals surface area contributed by atoms with Gasteiger partial charge in [0.05, 0.1) is 5.92 Å². The third-order valence-corrected chi connectivity index (χ3v) is 9.32. The molecule has 0 aromatic carbocycles. The maximum absolute atomic E-state index is 11.7. The molecule has 0 aromatic heterocycles. The van der Waals surface area contributed by atoms with Crippen molar-refractivity contribution in [1.29, 1.82) is 0 Å². The Bertz CT molecular complexity index is 540. The van der Waals surface area contributed by atoms with Gasteiger partial charge in [-0.1, -0.05) is 206 Å². The molecule has 0 aliphatic carbocycles. The van der Waals surface area contributed by atoms with Crippen LogP contribution in [-0.2, 0) is 4.79 Å². The Balaban J connectivity index is 3.40. The molecule has 0 aliphatic rings. The minimum Gasteiger partial charge on any atom is -0.481 e. The van der Waals surface area contributed by atoms with Crippen LogP contribution in [0, 0.1) is 5.92 Å². The van der Waals surface area contributed by atoms with Gasteiger partial charge in [-0.15, -0.1) is 0 Å². The predicted octanol–water partition coefficient (Wildman–Crippen LogP) is 14.5. The minimum atomic E-state index is -0.560. The number of aliphatic carboxylic acids is 1. The van der Waals surface area contributed by atoms with Gasteiger partial charge in [0, 0.05) is 0 Å². The van der Waals surface area contributed by atoms with Gasteiger partial charge in [0.2, 0.25) is 0 Å². The van der Waals surface area contributed by atoms with Crippen molar-refractivity contribution < 1.29 is 9.90 Å². The number of carbonyl (C=O) groups is 1. The van der Waals surface area contributed by atoms with Gasteiger partial charge in [-0.05, 0) is 38.5 Å². The van der Waals surface area contributed by atoms with Gasteiger partial charge in [0.15, 0.2) is 0 Å². The second kappa shape index (κ2) is 36.4. The lowest BCUT2D eigenvalue weighted by atomic mass is 9.94. The SMILES string of the molecule is CCCCCCCC/C=C\CCCCCCCCC(CCCCCCCCCCCCCCCCCCCC)C(=O)O. The van der Waals surface area contributed by atoms with E-state index in [0.29, 0.717) is 0 Å². The summed E-state index contributed by atoms with van der Waals surface area (Å²) in [7, 11) is 0. The first-order chi connectivity index (χ1) is 20.7.